The second-order valence-electron chi connectivity index (χ2n) is 4.07. The van der Waals surface area contributed by atoms with E-state index in [1.54, 1.807) is 43.3 Å². The van der Waals surface area contributed by atoms with Gasteiger partial charge in [-0.15, -0.1) is 0 Å². The molecule has 1 atom stereocenters. The van der Waals surface area contributed by atoms with Gasteiger partial charge in [-0.25, -0.2) is 0 Å². The van der Waals surface area contributed by atoms with E-state index in [2.05, 4.69) is 22.0 Å². The van der Waals surface area contributed by atoms with Crippen molar-refractivity contribution in [1.29, 1.82) is 5.26 Å². The molecule has 0 aliphatic rings. The normalized spacial score (nSPS) is 11.7. The smallest absolute Gasteiger partial charge is 0.145 e. The van der Waals surface area contributed by atoms with Crippen LogP contribution in [0.3, 0.4) is 0 Å². The van der Waals surface area contributed by atoms with Gasteiger partial charge in [0.25, 0.3) is 0 Å². The van der Waals surface area contributed by atoms with Crippen LogP contribution in [0.5, 0.6) is 11.5 Å². The molecule has 3 nitrogen and oxygen atoms in total. The van der Waals surface area contributed by atoms with Crippen LogP contribution in [0.4, 0.5) is 0 Å². The fourth-order valence-electron chi connectivity index (χ4n) is 1.71. The molecule has 0 fully saturated rings. The highest BCUT2D eigenvalue weighted by molar-refractivity contribution is 9.10. The molecule has 19 heavy (non-hydrogen) atoms. The summed E-state index contributed by atoms with van der Waals surface area (Å²) >= 11 is 3.37. The number of aliphatic hydroxyl groups excluding tert-OH is 1. The molecule has 0 amide bonds. The molecule has 0 saturated carbocycles. The average molecular weight is 318 g/mol. The standard InChI is InChI=1S/C15H12BrNO2/c1-10(18)13-7-6-12(16)8-15(13)19-14-5-3-2-4-11(14)9-17/h2-8,10,18H,1H3. The van der Waals surface area contributed by atoms with Crippen LogP contribution in [-0.4, -0.2) is 5.11 Å². The van der Waals surface area contributed by atoms with Crippen molar-refractivity contribution in [2.24, 2.45) is 0 Å². The predicted octanol–water partition coefficient (Wildman–Crippen LogP) is 4.17. The number of rotatable bonds is 3. The van der Waals surface area contributed by atoms with E-state index < -0.39 is 6.10 Å². The van der Waals surface area contributed by atoms with Crippen LogP contribution in [0.25, 0.3) is 0 Å². The number of halogens is 1. The highest BCUT2D eigenvalue weighted by Crippen LogP contribution is 2.33. The van der Waals surface area contributed by atoms with Crippen molar-refractivity contribution in [3.05, 3.63) is 58.1 Å². The number of nitriles is 1. The van der Waals surface area contributed by atoms with Crippen LogP contribution < -0.4 is 4.74 Å². The summed E-state index contributed by atoms with van der Waals surface area (Å²) in [6.07, 6.45) is -0.641. The third-order valence-electron chi connectivity index (χ3n) is 2.65. The number of hydrogen-bond donors (Lipinski definition) is 1. The van der Waals surface area contributed by atoms with Gasteiger partial charge < -0.3 is 9.84 Å². The molecule has 2 aromatic rings. The Kier molecular flexibility index (Phi) is 4.20. The minimum Gasteiger partial charge on any atom is -0.456 e. The zero-order valence-corrected chi connectivity index (χ0v) is 11.9. The van der Waals surface area contributed by atoms with Crippen molar-refractivity contribution in [1.82, 2.24) is 0 Å². The van der Waals surface area contributed by atoms with E-state index in [-0.39, 0.29) is 0 Å². The quantitative estimate of drug-likeness (QED) is 0.924. The van der Waals surface area contributed by atoms with Gasteiger partial charge in [0.2, 0.25) is 0 Å². The molecular weight excluding hydrogens is 306 g/mol. The van der Waals surface area contributed by atoms with E-state index in [4.69, 9.17) is 10.00 Å². The van der Waals surface area contributed by atoms with Gasteiger partial charge in [-0.05, 0) is 31.2 Å². The van der Waals surface area contributed by atoms with Crippen LogP contribution in [0.15, 0.2) is 46.9 Å². The van der Waals surface area contributed by atoms with E-state index >= 15 is 0 Å². The first kappa shape index (κ1) is 13.6. The Hall–Kier alpha value is -1.83. The van der Waals surface area contributed by atoms with E-state index in [1.807, 2.05) is 6.07 Å². The van der Waals surface area contributed by atoms with Gasteiger partial charge in [0.15, 0.2) is 0 Å². The minimum atomic E-state index is -0.641. The Balaban J connectivity index is 2.43. The van der Waals surface area contributed by atoms with Gasteiger partial charge in [-0.1, -0.05) is 34.1 Å². The SMILES string of the molecule is CC(O)c1ccc(Br)cc1Oc1ccccc1C#N. The van der Waals surface area contributed by atoms with Gasteiger partial charge >= 0.3 is 0 Å². The first-order chi connectivity index (χ1) is 9.11. The molecule has 96 valence electrons. The average Bonchev–Trinajstić information content (AvgIpc) is 2.39. The molecule has 0 spiro atoms. The second-order valence-corrected chi connectivity index (χ2v) is 4.98. The molecule has 0 aliphatic carbocycles. The fraction of sp³-hybridized carbons (Fsp3) is 0.133. The lowest BCUT2D eigenvalue weighted by Crippen LogP contribution is -1.97. The summed E-state index contributed by atoms with van der Waals surface area (Å²) in [5.74, 6) is 1.01. The summed E-state index contributed by atoms with van der Waals surface area (Å²) in [7, 11) is 0. The molecule has 0 aliphatic heterocycles. The summed E-state index contributed by atoms with van der Waals surface area (Å²) in [5.41, 5.74) is 1.13. The molecule has 0 aromatic heterocycles. The molecule has 1 N–H and O–H groups in total. The van der Waals surface area contributed by atoms with Gasteiger partial charge in [-0.2, -0.15) is 5.26 Å². The van der Waals surface area contributed by atoms with Crippen LogP contribution in [0, 0.1) is 11.3 Å². The third-order valence-corrected chi connectivity index (χ3v) is 3.15. The molecule has 0 radical (unpaired) electrons. The molecule has 0 heterocycles. The van der Waals surface area contributed by atoms with Crippen LogP contribution in [0.2, 0.25) is 0 Å². The minimum absolute atomic E-state index is 0.457. The maximum Gasteiger partial charge on any atom is 0.145 e. The summed E-state index contributed by atoms with van der Waals surface area (Å²) in [6, 6.07) is 14.5. The first-order valence-corrected chi connectivity index (χ1v) is 6.55. The highest BCUT2D eigenvalue weighted by Gasteiger charge is 2.12. The molecule has 4 heteroatoms. The third kappa shape index (κ3) is 3.14. The first-order valence-electron chi connectivity index (χ1n) is 5.76. The van der Waals surface area contributed by atoms with Crippen LogP contribution in [0.1, 0.15) is 24.2 Å². The summed E-state index contributed by atoms with van der Waals surface area (Å²) < 4.78 is 6.61. The van der Waals surface area contributed by atoms with Crippen molar-refractivity contribution in [3.8, 4) is 17.6 Å². The number of nitrogens with zero attached hydrogens (tertiary/aromatic N) is 1. The molecular formula is C15H12BrNO2. The lowest BCUT2D eigenvalue weighted by atomic mass is 10.1. The summed E-state index contributed by atoms with van der Waals surface area (Å²) in [6.45, 7) is 1.67. The molecule has 2 aromatic carbocycles. The van der Waals surface area contributed by atoms with E-state index in [0.717, 1.165) is 4.47 Å². The zero-order chi connectivity index (χ0) is 13.8. The summed E-state index contributed by atoms with van der Waals surface area (Å²) in [4.78, 5) is 0. The number of ether oxygens (including phenoxy) is 1. The van der Waals surface area contributed by atoms with Gasteiger partial charge in [0.05, 0.1) is 11.7 Å². The number of para-hydroxylation sites is 1. The maximum absolute atomic E-state index is 9.74. The lowest BCUT2D eigenvalue weighted by molar-refractivity contribution is 0.195. The molecule has 1 unspecified atom stereocenters. The van der Waals surface area contributed by atoms with E-state index in [1.165, 1.54) is 0 Å². The largest absolute Gasteiger partial charge is 0.456 e. The highest BCUT2D eigenvalue weighted by atomic mass is 79.9. The molecule has 0 bridgehead atoms. The Bertz CT molecular complexity index is 632. The Morgan fingerprint density at radius 3 is 2.63 bits per heavy atom. The monoisotopic (exact) mass is 317 g/mol. The maximum atomic E-state index is 9.74. The zero-order valence-electron chi connectivity index (χ0n) is 10.3. The fourth-order valence-corrected chi connectivity index (χ4v) is 2.05. The van der Waals surface area contributed by atoms with Gasteiger partial charge in [-0.3, -0.25) is 0 Å². The van der Waals surface area contributed by atoms with Gasteiger partial charge in [0.1, 0.15) is 17.6 Å². The van der Waals surface area contributed by atoms with Crippen molar-refractivity contribution >= 4 is 15.9 Å². The van der Waals surface area contributed by atoms with Crippen molar-refractivity contribution < 1.29 is 9.84 Å². The molecule has 0 saturated heterocycles. The number of hydrogen-bond acceptors (Lipinski definition) is 3. The van der Waals surface area contributed by atoms with Crippen molar-refractivity contribution in [3.63, 3.8) is 0 Å². The van der Waals surface area contributed by atoms with E-state index in [0.29, 0.717) is 22.6 Å². The molecule has 2 rings (SSSR count). The van der Waals surface area contributed by atoms with Crippen molar-refractivity contribution in [2.75, 3.05) is 0 Å². The Morgan fingerprint density at radius 1 is 1.21 bits per heavy atom. The lowest BCUT2D eigenvalue weighted by Gasteiger charge is -2.14. The predicted molar refractivity (Wildman–Crippen MR) is 76.0 cm³/mol. The van der Waals surface area contributed by atoms with Crippen LogP contribution in [-0.2, 0) is 0 Å². The number of benzene rings is 2. The number of aliphatic hydroxyl groups is 1. The summed E-state index contributed by atoms with van der Waals surface area (Å²) in [5, 5.41) is 18.8. The van der Waals surface area contributed by atoms with Crippen molar-refractivity contribution in [2.45, 2.75) is 13.0 Å². The Labute approximate surface area is 120 Å². The second kappa shape index (κ2) is 5.87. The Morgan fingerprint density at radius 2 is 1.95 bits per heavy atom. The van der Waals surface area contributed by atoms with Crippen LogP contribution >= 0.6 is 15.9 Å². The topological polar surface area (TPSA) is 53.2 Å². The van der Waals surface area contributed by atoms with E-state index in [9.17, 15) is 5.11 Å². The van der Waals surface area contributed by atoms with Gasteiger partial charge in [0, 0.05) is 10.0 Å².